The Morgan fingerprint density at radius 1 is 1.69 bits per heavy atom. The van der Waals surface area contributed by atoms with Crippen molar-refractivity contribution in [1.82, 2.24) is 15.1 Å². The van der Waals surface area contributed by atoms with Crippen LogP contribution in [0.25, 0.3) is 0 Å². The first-order valence-corrected chi connectivity index (χ1v) is 5.19. The molecule has 0 aromatic carbocycles. The maximum absolute atomic E-state index is 13.1. The summed E-state index contributed by atoms with van der Waals surface area (Å²) in [4.78, 5) is 9.96. The van der Waals surface area contributed by atoms with Crippen molar-refractivity contribution in [3.8, 4) is 0 Å². The molecule has 0 saturated carbocycles. The third kappa shape index (κ3) is 2.00. The van der Waals surface area contributed by atoms with Crippen molar-refractivity contribution in [2.75, 3.05) is 13.1 Å². The number of hydrogen-bond acceptors (Lipinski definition) is 4. The zero-order valence-electron chi connectivity index (χ0n) is 8.27. The maximum Gasteiger partial charge on any atom is 0.325 e. The molecule has 2 atom stereocenters. The molecule has 1 aromatic heterocycles. The van der Waals surface area contributed by atoms with Crippen LogP contribution in [0.4, 0.5) is 10.1 Å². The molecule has 2 heterocycles. The number of nitro groups is 1. The van der Waals surface area contributed by atoms with Crippen LogP contribution in [-0.2, 0) is 0 Å². The second-order valence-corrected chi connectivity index (χ2v) is 4.03. The Labute approximate surface area is 95.5 Å². The number of halogens is 2. The first-order chi connectivity index (χ1) is 7.59. The van der Waals surface area contributed by atoms with Crippen molar-refractivity contribution in [2.45, 2.75) is 18.6 Å². The molecule has 1 N–H and O–H groups in total. The molecular formula is C8H10ClFN4O2. The summed E-state index contributed by atoms with van der Waals surface area (Å²) in [7, 11) is 0. The maximum atomic E-state index is 13.1. The van der Waals surface area contributed by atoms with Crippen LogP contribution in [0.3, 0.4) is 0 Å². The molecule has 1 fully saturated rings. The van der Waals surface area contributed by atoms with Crippen molar-refractivity contribution in [3.05, 3.63) is 21.5 Å². The highest BCUT2D eigenvalue weighted by atomic mass is 35.5. The quantitative estimate of drug-likeness (QED) is 0.633. The van der Waals surface area contributed by atoms with Crippen LogP contribution in [0.5, 0.6) is 0 Å². The molecule has 0 spiro atoms. The second kappa shape index (κ2) is 4.34. The van der Waals surface area contributed by atoms with Gasteiger partial charge in [-0.3, -0.25) is 10.1 Å². The highest BCUT2D eigenvalue weighted by Crippen LogP contribution is 2.29. The van der Waals surface area contributed by atoms with E-state index in [2.05, 4.69) is 10.4 Å². The number of nitrogens with zero attached hydrogens (tertiary/aromatic N) is 3. The van der Waals surface area contributed by atoms with Gasteiger partial charge in [0.1, 0.15) is 12.4 Å². The van der Waals surface area contributed by atoms with E-state index in [1.807, 2.05) is 0 Å². The van der Waals surface area contributed by atoms with Crippen LogP contribution < -0.4 is 5.32 Å². The molecule has 2 rings (SSSR count). The van der Waals surface area contributed by atoms with Crippen molar-refractivity contribution < 1.29 is 9.31 Å². The van der Waals surface area contributed by atoms with Crippen LogP contribution in [0.2, 0.25) is 5.15 Å². The summed E-state index contributed by atoms with van der Waals surface area (Å²) in [6.07, 6.45) is 0.383. The van der Waals surface area contributed by atoms with Gasteiger partial charge in [0.2, 0.25) is 5.15 Å². The fourth-order valence-electron chi connectivity index (χ4n) is 1.77. The molecular weight excluding hydrogens is 239 g/mol. The van der Waals surface area contributed by atoms with Crippen molar-refractivity contribution >= 4 is 17.3 Å². The SMILES string of the molecule is O=[N+]([O-])c1cnn([C@H]2CNC[C@@H](F)C2)c1Cl. The highest BCUT2D eigenvalue weighted by Gasteiger charge is 2.28. The van der Waals surface area contributed by atoms with E-state index in [1.165, 1.54) is 4.68 Å². The van der Waals surface area contributed by atoms with E-state index >= 15 is 0 Å². The van der Waals surface area contributed by atoms with Crippen LogP contribution in [0.1, 0.15) is 12.5 Å². The van der Waals surface area contributed by atoms with Crippen LogP contribution >= 0.6 is 11.6 Å². The third-order valence-electron chi connectivity index (χ3n) is 2.53. The van der Waals surface area contributed by atoms with E-state index in [4.69, 9.17) is 11.6 Å². The summed E-state index contributed by atoms with van der Waals surface area (Å²) in [5.74, 6) is 0. The van der Waals surface area contributed by atoms with Crippen LogP contribution in [0.15, 0.2) is 6.20 Å². The Morgan fingerprint density at radius 2 is 2.44 bits per heavy atom. The first kappa shape index (κ1) is 11.3. The lowest BCUT2D eigenvalue weighted by Gasteiger charge is -2.25. The molecule has 1 aromatic rings. The molecule has 6 nitrogen and oxygen atoms in total. The van der Waals surface area contributed by atoms with Gasteiger partial charge in [-0.1, -0.05) is 11.6 Å². The summed E-state index contributed by atoms with van der Waals surface area (Å²) in [6, 6.07) is -0.273. The zero-order chi connectivity index (χ0) is 11.7. The van der Waals surface area contributed by atoms with Gasteiger partial charge in [-0.15, -0.1) is 0 Å². The van der Waals surface area contributed by atoms with Gasteiger partial charge in [-0.05, 0) is 0 Å². The molecule has 88 valence electrons. The molecule has 0 unspecified atom stereocenters. The number of aromatic nitrogens is 2. The third-order valence-corrected chi connectivity index (χ3v) is 2.90. The Bertz CT molecular complexity index is 411. The minimum atomic E-state index is -0.974. The molecule has 1 aliphatic rings. The summed E-state index contributed by atoms with van der Waals surface area (Å²) in [5, 5.41) is 17.2. The van der Waals surface area contributed by atoms with E-state index in [9.17, 15) is 14.5 Å². The number of rotatable bonds is 2. The van der Waals surface area contributed by atoms with E-state index in [0.717, 1.165) is 6.20 Å². The molecule has 1 aliphatic heterocycles. The minimum Gasteiger partial charge on any atom is -0.312 e. The monoisotopic (exact) mass is 248 g/mol. The molecule has 0 amide bonds. The van der Waals surface area contributed by atoms with Gasteiger partial charge in [0, 0.05) is 19.5 Å². The smallest absolute Gasteiger partial charge is 0.312 e. The second-order valence-electron chi connectivity index (χ2n) is 3.67. The van der Waals surface area contributed by atoms with Gasteiger partial charge in [-0.2, -0.15) is 5.10 Å². The van der Waals surface area contributed by atoms with Gasteiger partial charge in [0.25, 0.3) is 0 Å². The summed E-state index contributed by atoms with van der Waals surface area (Å²) >= 11 is 5.81. The summed E-state index contributed by atoms with van der Waals surface area (Å²) in [6.45, 7) is 0.816. The Balaban J connectivity index is 2.23. The lowest BCUT2D eigenvalue weighted by Crippen LogP contribution is -2.38. The molecule has 0 aliphatic carbocycles. The van der Waals surface area contributed by atoms with Gasteiger partial charge >= 0.3 is 5.69 Å². The number of piperidine rings is 1. The fourth-order valence-corrected chi connectivity index (χ4v) is 2.07. The highest BCUT2D eigenvalue weighted by molar-refractivity contribution is 6.31. The lowest BCUT2D eigenvalue weighted by atomic mass is 10.1. The average molecular weight is 249 g/mol. The lowest BCUT2D eigenvalue weighted by molar-refractivity contribution is -0.384. The topological polar surface area (TPSA) is 73.0 Å². The van der Waals surface area contributed by atoms with E-state index in [-0.39, 0.29) is 23.3 Å². The first-order valence-electron chi connectivity index (χ1n) is 4.81. The van der Waals surface area contributed by atoms with Gasteiger partial charge in [0.15, 0.2) is 0 Å². The fraction of sp³-hybridized carbons (Fsp3) is 0.625. The summed E-state index contributed by atoms with van der Waals surface area (Å²) in [5.41, 5.74) is -0.248. The van der Waals surface area contributed by atoms with Crippen molar-refractivity contribution in [2.24, 2.45) is 0 Å². The van der Waals surface area contributed by atoms with E-state index in [1.54, 1.807) is 0 Å². The Morgan fingerprint density at radius 3 is 3.00 bits per heavy atom. The number of alkyl halides is 1. The van der Waals surface area contributed by atoms with E-state index in [0.29, 0.717) is 13.1 Å². The van der Waals surface area contributed by atoms with Crippen LogP contribution in [-0.4, -0.2) is 34.0 Å². The number of nitrogens with one attached hydrogen (secondary N) is 1. The zero-order valence-corrected chi connectivity index (χ0v) is 9.02. The predicted molar refractivity (Wildman–Crippen MR) is 55.3 cm³/mol. The Hall–Kier alpha value is -1.21. The minimum absolute atomic E-state index is 0.0501. The largest absolute Gasteiger partial charge is 0.325 e. The molecule has 0 bridgehead atoms. The average Bonchev–Trinajstić information content (AvgIpc) is 2.60. The summed E-state index contributed by atoms with van der Waals surface area (Å²) < 4.78 is 14.4. The van der Waals surface area contributed by atoms with Gasteiger partial charge in [-0.25, -0.2) is 9.07 Å². The molecule has 1 saturated heterocycles. The normalized spacial score (nSPS) is 25.6. The number of hydrogen-bond donors (Lipinski definition) is 1. The molecule has 16 heavy (non-hydrogen) atoms. The standard InChI is InChI=1S/C8H10ClFN4O2/c9-8-7(14(15)16)4-12-13(8)6-1-5(10)2-11-3-6/h4-6,11H,1-3H2/t5-,6+/m0/s1. The van der Waals surface area contributed by atoms with Crippen molar-refractivity contribution in [1.29, 1.82) is 0 Å². The molecule has 0 radical (unpaired) electrons. The van der Waals surface area contributed by atoms with E-state index < -0.39 is 11.1 Å². The predicted octanol–water partition coefficient (Wildman–Crippen LogP) is 1.32. The van der Waals surface area contributed by atoms with Crippen molar-refractivity contribution in [3.63, 3.8) is 0 Å². The van der Waals surface area contributed by atoms with Crippen LogP contribution in [0, 0.1) is 10.1 Å². The van der Waals surface area contributed by atoms with Gasteiger partial charge in [0.05, 0.1) is 11.0 Å². The van der Waals surface area contributed by atoms with Gasteiger partial charge < -0.3 is 5.32 Å². The molecule has 8 heteroatoms. The Kier molecular flexibility index (Phi) is 3.06.